The Morgan fingerprint density at radius 3 is 2.18 bits per heavy atom. The van der Waals surface area contributed by atoms with E-state index in [-0.39, 0.29) is 23.0 Å². The molecule has 1 rings (SSSR count). The Hall–Kier alpha value is -1.49. The summed E-state index contributed by atoms with van der Waals surface area (Å²) in [6.07, 6.45) is 1.73. The number of carbonyl (C=O) groups excluding carboxylic acids is 1. The summed E-state index contributed by atoms with van der Waals surface area (Å²) in [7, 11) is 0. The van der Waals surface area contributed by atoms with E-state index in [0.29, 0.717) is 0 Å². The van der Waals surface area contributed by atoms with Gasteiger partial charge >= 0.3 is 5.97 Å². The molecule has 0 saturated carbocycles. The topological polar surface area (TPSA) is 66.4 Å². The average molecular weight is 323 g/mol. The first kappa shape index (κ1) is 18.6. The van der Waals surface area contributed by atoms with E-state index in [0.717, 1.165) is 5.56 Å². The Balaban J connectivity index is 2.97. The molecule has 1 aromatic rings. The van der Waals surface area contributed by atoms with Crippen LogP contribution in [0.4, 0.5) is 0 Å². The molecular weight excluding hydrogens is 298 g/mol. The van der Waals surface area contributed by atoms with Crippen LogP contribution in [0.25, 0.3) is 0 Å². The molecule has 1 amide bonds. The van der Waals surface area contributed by atoms with Gasteiger partial charge in [0, 0.05) is 0 Å². The van der Waals surface area contributed by atoms with Gasteiger partial charge in [0.25, 0.3) is 0 Å². The lowest BCUT2D eigenvalue weighted by Gasteiger charge is -2.22. The average Bonchev–Trinajstić information content (AvgIpc) is 2.44. The fourth-order valence-electron chi connectivity index (χ4n) is 2.04. The molecule has 0 aliphatic heterocycles. The molecule has 122 valence electrons. The first-order chi connectivity index (χ1) is 10.1. The summed E-state index contributed by atoms with van der Waals surface area (Å²) in [6.45, 7) is 8.18. The Bertz CT molecular complexity index is 520. The maximum atomic E-state index is 12.0. The third-order valence-electron chi connectivity index (χ3n) is 3.60. The van der Waals surface area contributed by atoms with Gasteiger partial charge in [0.05, 0.1) is 17.7 Å². The zero-order valence-corrected chi connectivity index (χ0v) is 14.7. The SMILES string of the molecule is CSC(C)C(=O)NC(CC(=O)O)c1ccc(C(C)(C)C)cc1. The van der Waals surface area contributed by atoms with E-state index in [2.05, 4.69) is 26.1 Å². The van der Waals surface area contributed by atoms with Gasteiger partial charge in [-0.2, -0.15) is 11.8 Å². The third kappa shape index (κ3) is 5.37. The molecule has 0 fully saturated rings. The lowest BCUT2D eigenvalue weighted by Crippen LogP contribution is -2.35. The van der Waals surface area contributed by atoms with Crippen molar-refractivity contribution in [1.29, 1.82) is 0 Å². The van der Waals surface area contributed by atoms with Gasteiger partial charge in [-0.05, 0) is 29.7 Å². The lowest BCUT2D eigenvalue weighted by atomic mass is 9.86. The molecule has 2 unspecified atom stereocenters. The van der Waals surface area contributed by atoms with E-state index in [1.54, 1.807) is 6.92 Å². The second kappa shape index (κ2) is 7.68. The van der Waals surface area contributed by atoms with Gasteiger partial charge in [-0.1, -0.05) is 45.0 Å². The summed E-state index contributed by atoms with van der Waals surface area (Å²) in [4.78, 5) is 23.1. The molecule has 5 heteroatoms. The summed E-state index contributed by atoms with van der Waals surface area (Å²) < 4.78 is 0. The number of carboxylic acids is 1. The fraction of sp³-hybridized carbons (Fsp3) is 0.529. The normalized spacial score (nSPS) is 14.2. The van der Waals surface area contributed by atoms with E-state index < -0.39 is 12.0 Å². The molecule has 0 aliphatic carbocycles. The summed E-state index contributed by atoms with van der Waals surface area (Å²) in [6, 6.07) is 7.28. The molecular formula is C17H25NO3S. The van der Waals surface area contributed by atoms with Gasteiger partial charge < -0.3 is 10.4 Å². The minimum Gasteiger partial charge on any atom is -0.481 e. The lowest BCUT2D eigenvalue weighted by molar-refractivity contribution is -0.137. The van der Waals surface area contributed by atoms with Crippen LogP contribution in [0.5, 0.6) is 0 Å². The van der Waals surface area contributed by atoms with Crippen LogP contribution in [0, 0.1) is 0 Å². The van der Waals surface area contributed by atoms with Crippen LogP contribution >= 0.6 is 11.8 Å². The second-order valence-electron chi connectivity index (χ2n) is 6.41. The monoisotopic (exact) mass is 323 g/mol. The van der Waals surface area contributed by atoms with Crippen LogP contribution in [0.3, 0.4) is 0 Å². The van der Waals surface area contributed by atoms with Crippen molar-refractivity contribution in [1.82, 2.24) is 5.32 Å². The Morgan fingerprint density at radius 1 is 1.23 bits per heavy atom. The number of rotatable bonds is 6. The Labute approximate surface area is 136 Å². The number of thioether (sulfide) groups is 1. The van der Waals surface area contributed by atoms with Crippen molar-refractivity contribution in [3.63, 3.8) is 0 Å². The molecule has 1 aromatic carbocycles. The Kier molecular flexibility index (Phi) is 6.48. The van der Waals surface area contributed by atoms with Crippen molar-refractivity contribution in [2.45, 2.75) is 50.8 Å². The minimum absolute atomic E-state index is 0.0391. The molecule has 0 spiro atoms. The molecule has 0 bridgehead atoms. The first-order valence-electron chi connectivity index (χ1n) is 7.30. The highest BCUT2D eigenvalue weighted by atomic mass is 32.2. The molecule has 0 aromatic heterocycles. The van der Waals surface area contributed by atoms with Crippen molar-refractivity contribution < 1.29 is 14.7 Å². The van der Waals surface area contributed by atoms with Crippen molar-refractivity contribution >= 4 is 23.6 Å². The molecule has 2 atom stereocenters. The molecule has 0 radical (unpaired) electrons. The second-order valence-corrected chi connectivity index (χ2v) is 7.59. The zero-order chi connectivity index (χ0) is 16.9. The van der Waals surface area contributed by atoms with Gasteiger partial charge in [-0.15, -0.1) is 0 Å². The van der Waals surface area contributed by atoms with E-state index in [1.165, 1.54) is 17.3 Å². The van der Waals surface area contributed by atoms with Gasteiger partial charge in [-0.3, -0.25) is 9.59 Å². The van der Waals surface area contributed by atoms with E-state index in [9.17, 15) is 9.59 Å². The standard InChI is InChI=1S/C17H25NO3S/c1-11(22-5)16(21)18-14(10-15(19)20)12-6-8-13(9-7-12)17(2,3)4/h6-9,11,14H,10H2,1-5H3,(H,18,21)(H,19,20). The predicted molar refractivity (Wildman–Crippen MR) is 91.3 cm³/mol. The number of hydrogen-bond donors (Lipinski definition) is 2. The maximum Gasteiger partial charge on any atom is 0.305 e. The number of hydrogen-bond acceptors (Lipinski definition) is 3. The van der Waals surface area contributed by atoms with Crippen molar-refractivity contribution in [2.75, 3.05) is 6.26 Å². The van der Waals surface area contributed by atoms with Crippen LogP contribution in [-0.4, -0.2) is 28.5 Å². The van der Waals surface area contributed by atoms with E-state index in [4.69, 9.17) is 5.11 Å². The van der Waals surface area contributed by atoms with Crippen LogP contribution in [0.15, 0.2) is 24.3 Å². The predicted octanol–water partition coefficient (Wildman–Crippen LogP) is 3.37. The van der Waals surface area contributed by atoms with Crippen molar-refractivity contribution in [3.8, 4) is 0 Å². The summed E-state index contributed by atoms with van der Waals surface area (Å²) >= 11 is 1.44. The number of carbonyl (C=O) groups is 2. The third-order valence-corrected chi connectivity index (χ3v) is 4.52. The highest BCUT2D eigenvalue weighted by Crippen LogP contribution is 2.25. The van der Waals surface area contributed by atoms with Gasteiger partial charge in [-0.25, -0.2) is 0 Å². The molecule has 0 saturated heterocycles. The number of aliphatic carboxylic acids is 1. The smallest absolute Gasteiger partial charge is 0.305 e. The zero-order valence-electron chi connectivity index (χ0n) is 13.8. The molecule has 0 heterocycles. The summed E-state index contributed by atoms with van der Waals surface area (Å²) in [5.74, 6) is -1.07. The highest BCUT2D eigenvalue weighted by Gasteiger charge is 2.21. The largest absolute Gasteiger partial charge is 0.481 e. The number of amides is 1. The van der Waals surface area contributed by atoms with Crippen LogP contribution in [0.1, 0.15) is 51.3 Å². The van der Waals surface area contributed by atoms with Crippen molar-refractivity contribution in [2.24, 2.45) is 0 Å². The quantitative estimate of drug-likeness (QED) is 0.842. The Morgan fingerprint density at radius 2 is 1.77 bits per heavy atom. The summed E-state index contributed by atoms with van der Waals surface area (Å²) in [5, 5.41) is 11.7. The molecule has 0 aliphatic rings. The summed E-state index contributed by atoms with van der Waals surface area (Å²) in [5.41, 5.74) is 2.03. The maximum absolute atomic E-state index is 12.0. The van der Waals surface area contributed by atoms with Gasteiger partial charge in [0.1, 0.15) is 0 Å². The highest BCUT2D eigenvalue weighted by molar-refractivity contribution is 7.99. The van der Waals surface area contributed by atoms with Crippen LogP contribution < -0.4 is 5.32 Å². The number of carboxylic acid groups (broad SMARTS) is 1. The van der Waals surface area contributed by atoms with Crippen LogP contribution in [0.2, 0.25) is 0 Å². The van der Waals surface area contributed by atoms with E-state index >= 15 is 0 Å². The van der Waals surface area contributed by atoms with E-state index in [1.807, 2.05) is 30.5 Å². The molecule has 2 N–H and O–H groups in total. The molecule has 22 heavy (non-hydrogen) atoms. The van der Waals surface area contributed by atoms with Gasteiger partial charge in [0.15, 0.2) is 0 Å². The number of benzene rings is 1. The fourth-order valence-corrected chi connectivity index (χ4v) is 2.32. The van der Waals surface area contributed by atoms with Crippen molar-refractivity contribution in [3.05, 3.63) is 35.4 Å². The number of nitrogens with one attached hydrogen (secondary N) is 1. The minimum atomic E-state index is -0.929. The van der Waals surface area contributed by atoms with Gasteiger partial charge in [0.2, 0.25) is 5.91 Å². The van der Waals surface area contributed by atoms with Crippen LogP contribution in [-0.2, 0) is 15.0 Å². The first-order valence-corrected chi connectivity index (χ1v) is 8.59. The molecule has 4 nitrogen and oxygen atoms in total.